The molecule has 0 aliphatic carbocycles. The van der Waals surface area contributed by atoms with Crippen molar-refractivity contribution >= 4 is 11.4 Å². The molecule has 104 valence electrons. The number of piperidine rings is 1. The molecule has 1 atom stereocenters. The molecular formula is C14H21N3O2. The number of benzene rings is 1. The Morgan fingerprint density at radius 3 is 2.58 bits per heavy atom. The molecule has 1 unspecified atom stereocenters. The molecule has 0 spiro atoms. The monoisotopic (exact) mass is 263 g/mol. The zero-order valence-corrected chi connectivity index (χ0v) is 11.5. The molecule has 1 fully saturated rings. The predicted molar refractivity (Wildman–Crippen MR) is 76.4 cm³/mol. The number of nitro groups is 1. The molecule has 1 aromatic carbocycles. The summed E-state index contributed by atoms with van der Waals surface area (Å²) in [5, 5.41) is 11.0. The van der Waals surface area contributed by atoms with Gasteiger partial charge in [0.25, 0.3) is 5.69 Å². The van der Waals surface area contributed by atoms with Crippen LogP contribution in [0.15, 0.2) is 18.2 Å². The standard InChI is InChI=1S/C14H21N3O2/c1-10-3-4-13(9-14(10)17(18)19)16-7-5-12(6-8-16)11(2)15/h3-4,9,11-12H,5-8,15H2,1-2H3. The second-order valence-electron chi connectivity index (χ2n) is 5.41. The SMILES string of the molecule is Cc1ccc(N2CCC(C(C)N)CC2)cc1[N+](=O)[O-]. The van der Waals surface area contributed by atoms with Crippen LogP contribution in [0.1, 0.15) is 25.3 Å². The molecule has 5 heteroatoms. The highest BCUT2D eigenvalue weighted by atomic mass is 16.6. The summed E-state index contributed by atoms with van der Waals surface area (Å²) in [6.07, 6.45) is 2.11. The lowest BCUT2D eigenvalue weighted by atomic mass is 9.90. The van der Waals surface area contributed by atoms with Crippen LogP contribution in [0, 0.1) is 23.0 Å². The van der Waals surface area contributed by atoms with Gasteiger partial charge in [0.1, 0.15) is 0 Å². The fourth-order valence-corrected chi connectivity index (χ4v) is 2.67. The Labute approximate surface area is 113 Å². The van der Waals surface area contributed by atoms with Crippen LogP contribution in [0.4, 0.5) is 11.4 Å². The maximum absolute atomic E-state index is 11.0. The molecule has 1 saturated heterocycles. The van der Waals surface area contributed by atoms with E-state index in [0.29, 0.717) is 11.5 Å². The summed E-state index contributed by atoms with van der Waals surface area (Å²) >= 11 is 0. The first-order chi connectivity index (χ1) is 8.99. The van der Waals surface area contributed by atoms with Crippen LogP contribution in [0.25, 0.3) is 0 Å². The summed E-state index contributed by atoms with van der Waals surface area (Å²) in [5.41, 5.74) is 7.78. The third-order valence-corrected chi connectivity index (χ3v) is 4.04. The van der Waals surface area contributed by atoms with E-state index in [2.05, 4.69) is 11.8 Å². The van der Waals surface area contributed by atoms with Gasteiger partial charge in [0.15, 0.2) is 0 Å². The van der Waals surface area contributed by atoms with Gasteiger partial charge in [-0.05, 0) is 38.7 Å². The van der Waals surface area contributed by atoms with Gasteiger partial charge in [0, 0.05) is 36.4 Å². The summed E-state index contributed by atoms with van der Waals surface area (Å²) in [6.45, 7) is 5.67. The number of hydrogen-bond acceptors (Lipinski definition) is 4. The molecule has 1 aliphatic heterocycles. The number of rotatable bonds is 3. The van der Waals surface area contributed by atoms with Gasteiger partial charge < -0.3 is 10.6 Å². The summed E-state index contributed by atoms with van der Waals surface area (Å²) in [6, 6.07) is 5.70. The van der Waals surface area contributed by atoms with Gasteiger partial charge in [-0.2, -0.15) is 0 Å². The third-order valence-electron chi connectivity index (χ3n) is 4.04. The second-order valence-corrected chi connectivity index (χ2v) is 5.41. The molecule has 0 aromatic heterocycles. The van der Waals surface area contributed by atoms with E-state index in [-0.39, 0.29) is 16.7 Å². The first-order valence-corrected chi connectivity index (χ1v) is 6.74. The Morgan fingerprint density at radius 1 is 1.42 bits per heavy atom. The molecule has 1 aromatic rings. The minimum atomic E-state index is -0.312. The fraction of sp³-hybridized carbons (Fsp3) is 0.571. The van der Waals surface area contributed by atoms with Gasteiger partial charge in [0.2, 0.25) is 0 Å². The molecule has 1 heterocycles. The molecular weight excluding hydrogens is 242 g/mol. The molecule has 0 radical (unpaired) electrons. The van der Waals surface area contributed by atoms with Crippen molar-refractivity contribution in [1.29, 1.82) is 0 Å². The van der Waals surface area contributed by atoms with E-state index in [1.165, 1.54) is 0 Å². The van der Waals surface area contributed by atoms with E-state index in [0.717, 1.165) is 31.6 Å². The zero-order chi connectivity index (χ0) is 14.0. The molecule has 2 rings (SSSR count). The third kappa shape index (κ3) is 3.04. The van der Waals surface area contributed by atoms with E-state index in [1.807, 2.05) is 12.1 Å². The Kier molecular flexibility index (Phi) is 4.04. The minimum Gasteiger partial charge on any atom is -0.371 e. The summed E-state index contributed by atoms with van der Waals surface area (Å²) in [7, 11) is 0. The van der Waals surface area contributed by atoms with E-state index >= 15 is 0 Å². The first kappa shape index (κ1) is 13.8. The quantitative estimate of drug-likeness (QED) is 0.671. The van der Waals surface area contributed by atoms with Gasteiger partial charge >= 0.3 is 0 Å². The first-order valence-electron chi connectivity index (χ1n) is 6.74. The number of nitrogens with zero attached hydrogens (tertiary/aromatic N) is 2. The summed E-state index contributed by atoms with van der Waals surface area (Å²) in [4.78, 5) is 12.9. The lowest BCUT2D eigenvalue weighted by molar-refractivity contribution is -0.385. The van der Waals surface area contributed by atoms with Crippen molar-refractivity contribution in [2.24, 2.45) is 11.7 Å². The number of aryl methyl sites for hydroxylation is 1. The molecule has 1 aliphatic rings. The van der Waals surface area contributed by atoms with Gasteiger partial charge in [-0.15, -0.1) is 0 Å². The van der Waals surface area contributed by atoms with Crippen LogP contribution in [-0.4, -0.2) is 24.1 Å². The normalized spacial score (nSPS) is 18.4. The number of nitrogens with two attached hydrogens (primary N) is 1. The number of hydrogen-bond donors (Lipinski definition) is 1. The maximum atomic E-state index is 11.0. The van der Waals surface area contributed by atoms with Crippen molar-refractivity contribution in [3.05, 3.63) is 33.9 Å². The lowest BCUT2D eigenvalue weighted by Gasteiger charge is -2.35. The van der Waals surface area contributed by atoms with Crippen LogP contribution >= 0.6 is 0 Å². The molecule has 19 heavy (non-hydrogen) atoms. The Balaban J connectivity index is 2.12. The van der Waals surface area contributed by atoms with E-state index in [9.17, 15) is 10.1 Å². The van der Waals surface area contributed by atoms with Crippen LogP contribution in [0.2, 0.25) is 0 Å². The average Bonchev–Trinajstić information content (AvgIpc) is 2.39. The minimum absolute atomic E-state index is 0.201. The van der Waals surface area contributed by atoms with Crippen molar-refractivity contribution in [3.63, 3.8) is 0 Å². The Bertz CT molecular complexity index is 466. The molecule has 0 saturated carbocycles. The Hall–Kier alpha value is -1.62. The van der Waals surface area contributed by atoms with Crippen molar-refractivity contribution < 1.29 is 4.92 Å². The Morgan fingerprint density at radius 2 is 2.05 bits per heavy atom. The highest BCUT2D eigenvalue weighted by Crippen LogP contribution is 2.29. The second kappa shape index (κ2) is 5.57. The molecule has 0 amide bonds. The fourth-order valence-electron chi connectivity index (χ4n) is 2.67. The van der Waals surface area contributed by atoms with Crippen molar-refractivity contribution in [2.45, 2.75) is 32.7 Å². The maximum Gasteiger partial charge on any atom is 0.274 e. The predicted octanol–water partition coefficient (Wildman–Crippen LogP) is 2.47. The highest BCUT2D eigenvalue weighted by Gasteiger charge is 2.23. The van der Waals surface area contributed by atoms with Crippen LogP contribution in [0.3, 0.4) is 0 Å². The number of anilines is 1. The molecule has 5 nitrogen and oxygen atoms in total. The van der Waals surface area contributed by atoms with Crippen LogP contribution in [-0.2, 0) is 0 Å². The smallest absolute Gasteiger partial charge is 0.274 e. The number of nitro benzene ring substituents is 1. The van der Waals surface area contributed by atoms with Crippen molar-refractivity contribution in [1.82, 2.24) is 0 Å². The largest absolute Gasteiger partial charge is 0.371 e. The summed E-state index contributed by atoms with van der Waals surface area (Å²) < 4.78 is 0. The topological polar surface area (TPSA) is 72.4 Å². The van der Waals surface area contributed by atoms with E-state index in [1.54, 1.807) is 13.0 Å². The van der Waals surface area contributed by atoms with Crippen molar-refractivity contribution in [3.8, 4) is 0 Å². The van der Waals surface area contributed by atoms with E-state index in [4.69, 9.17) is 5.73 Å². The van der Waals surface area contributed by atoms with Crippen molar-refractivity contribution in [2.75, 3.05) is 18.0 Å². The van der Waals surface area contributed by atoms with Crippen LogP contribution in [0.5, 0.6) is 0 Å². The van der Waals surface area contributed by atoms with Crippen LogP contribution < -0.4 is 10.6 Å². The highest BCUT2D eigenvalue weighted by molar-refractivity contribution is 5.56. The van der Waals surface area contributed by atoms with Gasteiger partial charge in [-0.1, -0.05) is 6.07 Å². The average molecular weight is 263 g/mol. The van der Waals surface area contributed by atoms with E-state index < -0.39 is 0 Å². The van der Waals surface area contributed by atoms with Gasteiger partial charge in [0.05, 0.1) is 4.92 Å². The van der Waals surface area contributed by atoms with Gasteiger partial charge in [-0.3, -0.25) is 10.1 Å². The molecule has 2 N–H and O–H groups in total. The lowest BCUT2D eigenvalue weighted by Crippen LogP contribution is -2.39. The molecule has 0 bridgehead atoms. The zero-order valence-electron chi connectivity index (χ0n) is 11.5. The summed E-state index contributed by atoms with van der Waals surface area (Å²) in [5.74, 6) is 0.566. The van der Waals surface area contributed by atoms with Gasteiger partial charge in [-0.25, -0.2) is 0 Å².